The summed E-state index contributed by atoms with van der Waals surface area (Å²) in [6, 6.07) is 5.90. The van der Waals surface area contributed by atoms with Gasteiger partial charge in [-0.05, 0) is 56.0 Å². The van der Waals surface area contributed by atoms with Crippen LogP contribution >= 0.6 is 35.6 Å². The second-order valence-corrected chi connectivity index (χ2v) is 5.88. The molecule has 1 heterocycles. The van der Waals surface area contributed by atoms with Gasteiger partial charge in [0, 0.05) is 13.1 Å². The maximum absolute atomic E-state index is 6.04. The molecule has 1 unspecified atom stereocenters. The molecule has 1 aromatic carbocycles. The van der Waals surface area contributed by atoms with Gasteiger partial charge in [0.1, 0.15) is 0 Å². The van der Waals surface area contributed by atoms with Crippen molar-refractivity contribution in [3.8, 4) is 0 Å². The molecular formula is C14H21Cl3N2. The van der Waals surface area contributed by atoms with E-state index in [4.69, 9.17) is 28.9 Å². The summed E-state index contributed by atoms with van der Waals surface area (Å²) >= 11 is 12.0. The maximum atomic E-state index is 6.04. The monoisotopic (exact) mass is 322 g/mol. The Morgan fingerprint density at radius 2 is 2.05 bits per heavy atom. The second-order valence-electron chi connectivity index (χ2n) is 5.07. The van der Waals surface area contributed by atoms with Gasteiger partial charge in [-0.1, -0.05) is 29.3 Å². The highest BCUT2D eigenvalue weighted by molar-refractivity contribution is 6.42. The Hall–Kier alpha value is 0.01000. The van der Waals surface area contributed by atoms with Gasteiger partial charge in [-0.15, -0.1) is 12.4 Å². The van der Waals surface area contributed by atoms with E-state index in [9.17, 15) is 0 Å². The van der Waals surface area contributed by atoms with Crippen LogP contribution < -0.4 is 5.73 Å². The number of nitrogens with zero attached hydrogens (tertiary/aromatic N) is 1. The van der Waals surface area contributed by atoms with E-state index in [1.165, 1.54) is 24.9 Å². The number of benzene rings is 1. The Balaban J connectivity index is 0.00000180. The van der Waals surface area contributed by atoms with E-state index >= 15 is 0 Å². The molecule has 1 saturated heterocycles. The lowest BCUT2D eigenvalue weighted by atomic mass is 9.94. The van der Waals surface area contributed by atoms with Crippen LogP contribution in [0.5, 0.6) is 0 Å². The summed E-state index contributed by atoms with van der Waals surface area (Å²) in [5.41, 5.74) is 6.88. The van der Waals surface area contributed by atoms with Gasteiger partial charge in [-0.25, -0.2) is 0 Å². The zero-order valence-corrected chi connectivity index (χ0v) is 13.3. The summed E-state index contributed by atoms with van der Waals surface area (Å²) in [6.07, 6.45) is 3.72. The van der Waals surface area contributed by atoms with Crippen LogP contribution in [0.2, 0.25) is 10.0 Å². The van der Waals surface area contributed by atoms with Crippen LogP contribution in [0.4, 0.5) is 0 Å². The fourth-order valence-electron chi connectivity index (χ4n) is 2.66. The Morgan fingerprint density at radius 1 is 1.26 bits per heavy atom. The molecule has 1 aliphatic rings. The summed E-state index contributed by atoms with van der Waals surface area (Å²) in [7, 11) is 0. The number of piperidine rings is 1. The largest absolute Gasteiger partial charge is 0.330 e. The van der Waals surface area contributed by atoms with E-state index < -0.39 is 0 Å². The Morgan fingerprint density at radius 3 is 2.74 bits per heavy atom. The van der Waals surface area contributed by atoms with Crippen molar-refractivity contribution in [3.63, 3.8) is 0 Å². The lowest BCUT2D eigenvalue weighted by Crippen LogP contribution is -2.35. The van der Waals surface area contributed by atoms with Crippen LogP contribution in [0.3, 0.4) is 0 Å². The molecule has 1 aromatic rings. The quantitative estimate of drug-likeness (QED) is 0.908. The van der Waals surface area contributed by atoms with Crippen molar-refractivity contribution in [2.24, 2.45) is 11.7 Å². The van der Waals surface area contributed by atoms with Gasteiger partial charge in [0.05, 0.1) is 10.0 Å². The molecular weight excluding hydrogens is 303 g/mol. The molecule has 0 aliphatic carbocycles. The first-order chi connectivity index (χ1) is 8.69. The predicted molar refractivity (Wildman–Crippen MR) is 85.4 cm³/mol. The smallest absolute Gasteiger partial charge is 0.0595 e. The van der Waals surface area contributed by atoms with Gasteiger partial charge in [0.25, 0.3) is 0 Å². The van der Waals surface area contributed by atoms with Crippen molar-refractivity contribution in [2.75, 3.05) is 19.6 Å². The van der Waals surface area contributed by atoms with Crippen LogP contribution in [0.1, 0.15) is 24.8 Å². The number of nitrogens with two attached hydrogens (primary N) is 1. The van der Waals surface area contributed by atoms with Crippen molar-refractivity contribution < 1.29 is 0 Å². The Bertz CT molecular complexity index is 396. The third-order valence-electron chi connectivity index (χ3n) is 3.57. The summed E-state index contributed by atoms with van der Waals surface area (Å²) < 4.78 is 0. The van der Waals surface area contributed by atoms with Crippen molar-refractivity contribution >= 4 is 35.6 Å². The van der Waals surface area contributed by atoms with Gasteiger partial charge < -0.3 is 5.73 Å². The average Bonchev–Trinajstić information content (AvgIpc) is 2.35. The third-order valence-corrected chi connectivity index (χ3v) is 4.31. The Kier molecular flexibility index (Phi) is 7.48. The molecule has 108 valence electrons. The Labute approximate surface area is 131 Å². The van der Waals surface area contributed by atoms with Gasteiger partial charge in [0.15, 0.2) is 0 Å². The van der Waals surface area contributed by atoms with Gasteiger partial charge in [-0.3, -0.25) is 4.90 Å². The van der Waals surface area contributed by atoms with E-state index in [-0.39, 0.29) is 12.4 Å². The lowest BCUT2D eigenvalue weighted by molar-refractivity contribution is 0.163. The molecule has 1 aliphatic heterocycles. The highest BCUT2D eigenvalue weighted by atomic mass is 35.5. The number of halogens is 3. The second kappa shape index (κ2) is 8.33. The molecule has 0 radical (unpaired) electrons. The van der Waals surface area contributed by atoms with E-state index in [1.807, 2.05) is 12.1 Å². The molecule has 1 atom stereocenters. The molecule has 0 aromatic heterocycles. The summed E-state index contributed by atoms with van der Waals surface area (Å²) in [4.78, 5) is 2.49. The van der Waals surface area contributed by atoms with Crippen LogP contribution in [0.15, 0.2) is 18.2 Å². The minimum Gasteiger partial charge on any atom is -0.330 e. The molecule has 0 saturated carbocycles. The summed E-state index contributed by atoms with van der Waals surface area (Å²) in [6.45, 7) is 4.07. The first kappa shape index (κ1) is 17.1. The molecule has 5 heteroatoms. The molecule has 0 amide bonds. The average molecular weight is 324 g/mol. The topological polar surface area (TPSA) is 29.3 Å². The minimum absolute atomic E-state index is 0. The first-order valence-electron chi connectivity index (χ1n) is 6.55. The van der Waals surface area contributed by atoms with E-state index in [0.717, 1.165) is 32.0 Å². The van der Waals surface area contributed by atoms with Crippen molar-refractivity contribution in [3.05, 3.63) is 33.8 Å². The van der Waals surface area contributed by atoms with Gasteiger partial charge in [-0.2, -0.15) is 0 Å². The highest BCUT2D eigenvalue weighted by Gasteiger charge is 2.19. The molecule has 0 spiro atoms. The fraction of sp³-hybridized carbons (Fsp3) is 0.571. The van der Waals surface area contributed by atoms with Crippen LogP contribution in [0.25, 0.3) is 0 Å². The number of hydrogen-bond acceptors (Lipinski definition) is 2. The molecule has 2 N–H and O–H groups in total. The van der Waals surface area contributed by atoms with Gasteiger partial charge >= 0.3 is 0 Å². The van der Waals surface area contributed by atoms with E-state index in [1.54, 1.807) is 0 Å². The predicted octanol–water partition coefficient (Wildman–Crippen LogP) is 3.98. The lowest BCUT2D eigenvalue weighted by Gasteiger charge is -2.32. The zero-order chi connectivity index (χ0) is 13.0. The molecule has 2 nitrogen and oxygen atoms in total. The number of hydrogen-bond donors (Lipinski definition) is 1. The molecule has 0 bridgehead atoms. The molecule has 2 rings (SSSR count). The van der Waals surface area contributed by atoms with Crippen molar-refractivity contribution in [2.45, 2.75) is 25.8 Å². The van der Waals surface area contributed by atoms with Crippen LogP contribution in [-0.2, 0) is 6.54 Å². The molecule has 19 heavy (non-hydrogen) atoms. The third kappa shape index (κ3) is 5.13. The van der Waals surface area contributed by atoms with Gasteiger partial charge in [0.2, 0.25) is 0 Å². The van der Waals surface area contributed by atoms with Crippen LogP contribution in [-0.4, -0.2) is 24.5 Å². The maximum Gasteiger partial charge on any atom is 0.0595 e. The minimum atomic E-state index is 0. The fourth-order valence-corrected chi connectivity index (χ4v) is 2.98. The zero-order valence-electron chi connectivity index (χ0n) is 10.9. The van der Waals surface area contributed by atoms with Crippen molar-refractivity contribution in [1.82, 2.24) is 4.90 Å². The number of likely N-dealkylation sites (tertiary alicyclic amines) is 1. The first-order valence-corrected chi connectivity index (χ1v) is 7.31. The van der Waals surface area contributed by atoms with E-state index in [2.05, 4.69) is 11.0 Å². The van der Waals surface area contributed by atoms with E-state index in [0.29, 0.717) is 10.0 Å². The summed E-state index contributed by atoms with van der Waals surface area (Å²) in [5.74, 6) is 0.756. The highest BCUT2D eigenvalue weighted by Crippen LogP contribution is 2.25. The SMILES string of the molecule is Cl.NCCC1CCCN(Cc2ccc(Cl)c(Cl)c2)C1. The molecule has 1 fully saturated rings. The number of rotatable bonds is 4. The van der Waals surface area contributed by atoms with Crippen LogP contribution in [0, 0.1) is 5.92 Å². The summed E-state index contributed by atoms with van der Waals surface area (Å²) in [5, 5.41) is 1.27. The van der Waals surface area contributed by atoms with Crippen molar-refractivity contribution in [1.29, 1.82) is 0 Å². The normalized spacial score (nSPS) is 20.1. The standard InChI is InChI=1S/C14H20Cl2N2.ClH/c15-13-4-3-12(8-14(13)16)10-18-7-1-2-11(9-18)5-6-17;/h3-4,8,11H,1-2,5-7,9-10,17H2;1H.